The summed E-state index contributed by atoms with van der Waals surface area (Å²) in [5.74, 6) is 0.904. The van der Waals surface area contributed by atoms with Gasteiger partial charge in [-0.15, -0.1) is 0 Å². The number of pyridine rings is 1. The topological polar surface area (TPSA) is 56.6 Å². The minimum absolute atomic E-state index is 0.267. The van der Waals surface area contributed by atoms with E-state index in [-0.39, 0.29) is 6.61 Å². The van der Waals surface area contributed by atoms with Crippen molar-refractivity contribution in [2.24, 2.45) is 0 Å². The van der Waals surface area contributed by atoms with Crippen LogP contribution in [0.25, 0.3) is 10.9 Å². The van der Waals surface area contributed by atoms with E-state index in [4.69, 9.17) is 16.6 Å². The van der Waals surface area contributed by atoms with Crippen LogP contribution in [0.3, 0.4) is 0 Å². The number of rotatable bonds is 4. The van der Waals surface area contributed by atoms with Gasteiger partial charge in [0.1, 0.15) is 5.82 Å². The molecule has 0 aliphatic carbocycles. The molecule has 0 saturated carbocycles. The van der Waals surface area contributed by atoms with Crippen molar-refractivity contribution in [2.75, 3.05) is 18.1 Å². The van der Waals surface area contributed by atoms with Gasteiger partial charge in [0, 0.05) is 29.9 Å². The highest BCUT2D eigenvalue weighted by atomic mass is 35.5. The molecule has 0 spiro atoms. The number of hydrogen-bond acceptors (Lipinski definition) is 4. The second-order valence-electron chi connectivity index (χ2n) is 7.14. The van der Waals surface area contributed by atoms with Gasteiger partial charge >= 0.3 is 0 Å². The fourth-order valence-corrected chi connectivity index (χ4v) is 3.97. The summed E-state index contributed by atoms with van der Waals surface area (Å²) >= 11 is 6.18. The normalized spacial score (nSPS) is 15.4. The molecule has 2 N–H and O–H groups in total. The lowest BCUT2D eigenvalue weighted by Gasteiger charge is -2.24. The van der Waals surface area contributed by atoms with Crippen LogP contribution in [0.4, 0.5) is 5.82 Å². The highest BCUT2D eigenvalue weighted by Crippen LogP contribution is 2.29. The Morgan fingerprint density at radius 2 is 1.93 bits per heavy atom. The number of benzene rings is 2. The van der Waals surface area contributed by atoms with Crippen LogP contribution in [0.5, 0.6) is 0 Å². The minimum atomic E-state index is -0.799. The second-order valence-corrected chi connectivity index (χ2v) is 7.57. The van der Waals surface area contributed by atoms with E-state index in [1.54, 1.807) is 0 Å². The highest BCUT2D eigenvalue weighted by molar-refractivity contribution is 6.31. The van der Waals surface area contributed by atoms with Crippen molar-refractivity contribution in [1.29, 1.82) is 0 Å². The van der Waals surface area contributed by atoms with Crippen molar-refractivity contribution in [1.82, 2.24) is 4.98 Å². The monoisotopic (exact) mass is 382 g/mol. The van der Waals surface area contributed by atoms with Gasteiger partial charge in [-0.05, 0) is 53.8 Å². The number of aliphatic hydroxyl groups is 2. The van der Waals surface area contributed by atoms with Gasteiger partial charge in [-0.1, -0.05) is 35.9 Å². The van der Waals surface area contributed by atoms with Gasteiger partial charge in [0.25, 0.3) is 0 Å². The largest absolute Gasteiger partial charge is 0.394 e. The molecule has 5 heteroatoms. The quantitative estimate of drug-likeness (QED) is 0.721. The maximum atomic E-state index is 10.00. The predicted molar refractivity (Wildman–Crippen MR) is 109 cm³/mol. The molecule has 1 aliphatic heterocycles. The summed E-state index contributed by atoms with van der Waals surface area (Å²) < 4.78 is 0. The minimum Gasteiger partial charge on any atom is -0.394 e. The summed E-state index contributed by atoms with van der Waals surface area (Å²) in [4.78, 5) is 7.17. The van der Waals surface area contributed by atoms with E-state index >= 15 is 0 Å². The van der Waals surface area contributed by atoms with Crippen LogP contribution in [-0.2, 0) is 19.4 Å². The van der Waals surface area contributed by atoms with E-state index in [2.05, 4.69) is 29.2 Å². The molecular formula is C22H23ClN2O2. The molecule has 1 aromatic heterocycles. The molecule has 1 atom stereocenters. The number of aromatic nitrogens is 1. The van der Waals surface area contributed by atoms with Crippen LogP contribution in [0.2, 0.25) is 5.02 Å². The Balaban J connectivity index is 1.76. The first-order valence-electron chi connectivity index (χ1n) is 9.34. The van der Waals surface area contributed by atoms with Crippen molar-refractivity contribution in [3.8, 4) is 0 Å². The third-order valence-corrected chi connectivity index (χ3v) is 5.42. The zero-order valence-corrected chi connectivity index (χ0v) is 15.9. The molecule has 4 nitrogen and oxygen atoms in total. The van der Waals surface area contributed by atoms with Gasteiger partial charge in [0.05, 0.1) is 18.2 Å². The van der Waals surface area contributed by atoms with E-state index in [0.717, 1.165) is 48.2 Å². The van der Waals surface area contributed by atoms with E-state index in [1.165, 1.54) is 11.1 Å². The van der Waals surface area contributed by atoms with Crippen molar-refractivity contribution >= 4 is 28.3 Å². The number of halogens is 1. The molecule has 1 aliphatic rings. The average molecular weight is 383 g/mol. The van der Waals surface area contributed by atoms with Crippen LogP contribution >= 0.6 is 11.6 Å². The molecule has 2 aromatic carbocycles. The molecule has 0 fully saturated rings. The third-order valence-electron chi connectivity index (χ3n) is 5.19. The van der Waals surface area contributed by atoms with Crippen LogP contribution in [0, 0.1) is 0 Å². The molecule has 1 unspecified atom stereocenters. The number of aryl methyl sites for hydroxylation is 1. The Hall–Kier alpha value is -2.14. The molecular weight excluding hydrogens is 360 g/mol. The lowest BCUT2D eigenvalue weighted by molar-refractivity contribution is 0.0957. The van der Waals surface area contributed by atoms with Gasteiger partial charge in [-0.25, -0.2) is 4.98 Å². The zero-order chi connectivity index (χ0) is 18.8. The van der Waals surface area contributed by atoms with Crippen LogP contribution in [0.1, 0.15) is 23.1 Å². The Morgan fingerprint density at radius 1 is 1.11 bits per heavy atom. The second kappa shape index (κ2) is 7.85. The molecule has 3 aromatic rings. The van der Waals surface area contributed by atoms with Crippen LogP contribution in [-0.4, -0.2) is 34.5 Å². The lowest BCUT2D eigenvalue weighted by Crippen LogP contribution is -2.24. The van der Waals surface area contributed by atoms with Gasteiger partial charge in [-0.2, -0.15) is 0 Å². The summed E-state index contributed by atoms with van der Waals surface area (Å²) in [6, 6.07) is 16.2. The predicted octanol–water partition coefficient (Wildman–Crippen LogP) is 3.74. The number of aliphatic hydroxyl groups excluding tert-OH is 2. The first kappa shape index (κ1) is 18.2. The highest BCUT2D eigenvalue weighted by Gasteiger charge is 2.18. The smallest absolute Gasteiger partial charge is 0.129 e. The molecule has 0 saturated heterocycles. The first-order valence-corrected chi connectivity index (χ1v) is 9.71. The lowest BCUT2D eigenvalue weighted by atomic mass is 10.0. The van der Waals surface area contributed by atoms with E-state index < -0.39 is 6.10 Å². The van der Waals surface area contributed by atoms with Crippen molar-refractivity contribution < 1.29 is 10.2 Å². The fourth-order valence-electron chi connectivity index (χ4n) is 3.80. The summed E-state index contributed by atoms with van der Waals surface area (Å²) in [6.07, 6.45) is 1.72. The summed E-state index contributed by atoms with van der Waals surface area (Å²) in [5.41, 5.74) is 4.56. The first-order chi connectivity index (χ1) is 13.1. The van der Waals surface area contributed by atoms with Gasteiger partial charge in [0.2, 0.25) is 0 Å². The molecule has 4 rings (SSSR count). The summed E-state index contributed by atoms with van der Waals surface area (Å²) in [7, 11) is 0. The third kappa shape index (κ3) is 3.93. The zero-order valence-electron chi connectivity index (χ0n) is 15.1. The Morgan fingerprint density at radius 3 is 2.74 bits per heavy atom. The number of hydrogen-bond donors (Lipinski definition) is 2. The van der Waals surface area contributed by atoms with Crippen molar-refractivity contribution in [2.45, 2.75) is 31.9 Å². The van der Waals surface area contributed by atoms with E-state index in [9.17, 15) is 10.2 Å². The summed E-state index contributed by atoms with van der Waals surface area (Å²) in [5, 5.41) is 20.8. The number of fused-ring (bicyclic) bond motifs is 2. The van der Waals surface area contributed by atoms with Gasteiger partial charge < -0.3 is 15.1 Å². The maximum Gasteiger partial charge on any atom is 0.129 e. The Kier molecular flexibility index (Phi) is 5.30. The van der Waals surface area contributed by atoms with Gasteiger partial charge in [-0.3, -0.25) is 0 Å². The number of nitrogens with zero attached hydrogens (tertiary/aromatic N) is 2. The van der Waals surface area contributed by atoms with Gasteiger partial charge in [0.15, 0.2) is 0 Å². The van der Waals surface area contributed by atoms with Crippen molar-refractivity contribution in [3.63, 3.8) is 0 Å². The molecule has 2 heterocycles. The van der Waals surface area contributed by atoms with Crippen LogP contribution in [0.15, 0.2) is 48.5 Å². The molecule has 140 valence electrons. The van der Waals surface area contributed by atoms with E-state index in [1.807, 2.05) is 24.3 Å². The summed E-state index contributed by atoms with van der Waals surface area (Å²) in [6.45, 7) is 1.49. The average Bonchev–Trinajstić information content (AvgIpc) is 2.90. The molecule has 0 radical (unpaired) electrons. The SMILES string of the molecule is OCC(O)Cc1cc(N2CCCc3ccccc3C2)nc2ccc(Cl)cc12. The standard InChI is InChI=1S/C22H23ClN2O2/c23-18-7-8-21-20(12-18)17(10-19(27)14-26)11-22(24-21)25-9-3-6-15-4-1-2-5-16(15)13-25/h1-2,4-5,7-8,11-12,19,26-27H,3,6,9-10,13-14H2. The number of anilines is 1. The Labute approximate surface area is 164 Å². The molecule has 27 heavy (non-hydrogen) atoms. The Bertz CT molecular complexity index is 960. The molecule has 0 amide bonds. The fraction of sp³-hybridized carbons (Fsp3) is 0.318. The van der Waals surface area contributed by atoms with Crippen LogP contribution < -0.4 is 4.90 Å². The van der Waals surface area contributed by atoms with Crippen molar-refractivity contribution in [3.05, 3.63) is 70.2 Å². The molecule has 0 bridgehead atoms. The van der Waals surface area contributed by atoms with E-state index in [0.29, 0.717) is 11.4 Å². The maximum absolute atomic E-state index is 10.00.